The first kappa shape index (κ1) is 14.3. The second-order valence-corrected chi connectivity index (χ2v) is 4.72. The fraction of sp³-hybridized carbons (Fsp3) is 0.600. The third kappa shape index (κ3) is 4.49. The maximum Gasteiger partial charge on any atom is 0.159 e. The van der Waals surface area contributed by atoms with Gasteiger partial charge in [-0.25, -0.2) is 0 Å². The molecular formula is C15H23NO3. The predicted molar refractivity (Wildman–Crippen MR) is 74.5 cm³/mol. The van der Waals surface area contributed by atoms with Crippen LogP contribution in [0.3, 0.4) is 0 Å². The molecule has 0 bridgehead atoms. The Morgan fingerprint density at radius 2 is 2.16 bits per heavy atom. The van der Waals surface area contributed by atoms with Crippen molar-refractivity contribution in [2.24, 2.45) is 0 Å². The standard InChI is InChI=1S/C15H23NO3/c1-3-16-13(11-15-18-7-8-19-15)9-12-5-4-6-14(10-12)17-2/h4-6,10,13,15-16H,3,7-9,11H2,1-2H3. The van der Waals surface area contributed by atoms with Gasteiger partial charge in [-0.1, -0.05) is 19.1 Å². The summed E-state index contributed by atoms with van der Waals surface area (Å²) in [5.74, 6) is 0.904. The third-order valence-electron chi connectivity index (χ3n) is 3.28. The van der Waals surface area contributed by atoms with Crippen LogP contribution in [0.1, 0.15) is 18.9 Å². The van der Waals surface area contributed by atoms with E-state index in [0.29, 0.717) is 19.3 Å². The van der Waals surface area contributed by atoms with Crippen LogP contribution in [0.25, 0.3) is 0 Å². The molecule has 1 unspecified atom stereocenters. The molecule has 1 saturated heterocycles. The van der Waals surface area contributed by atoms with Gasteiger partial charge >= 0.3 is 0 Å². The largest absolute Gasteiger partial charge is 0.497 e. The van der Waals surface area contributed by atoms with Gasteiger partial charge in [0.15, 0.2) is 6.29 Å². The van der Waals surface area contributed by atoms with Crippen molar-refractivity contribution >= 4 is 0 Å². The molecule has 0 saturated carbocycles. The zero-order valence-corrected chi connectivity index (χ0v) is 11.7. The molecule has 1 aliphatic rings. The Hall–Kier alpha value is -1.10. The summed E-state index contributed by atoms with van der Waals surface area (Å²) in [5.41, 5.74) is 1.27. The molecule has 0 aliphatic carbocycles. The fourth-order valence-corrected chi connectivity index (χ4v) is 2.39. The molecule has 1 aromatic carbocycles. The van der Waals surface area contributed by atoms with Crippen LogP contribution >= 0.6 is 0 Å². The Morgan fingerprint density at radius 3 is 2.84 bits per heavy atom. The summed E-state index contributed by atoms with van der Waals surface area (Å²) in [6, 6.07) is 8.57. The van der Waals surface area contributed by atoms with Gasteiger partial charge in [0.2, 0.25) is 0 Å². The van der Waals surface area contributed by atoms with E-state index in [9.17, 15) is 0 Å². The van der Waals surface area contributed by atoms with Crippen molar-refractivity contribution in [3.8, 4) is 5.75 Å². The zero-order valence-electron chi connectivity index (χ0n) is 11.7. The smallest absolute Gasteiger partial charge is 0.159 e. The molecule has 0 radical (unpaired) electrons. The molecule has 106 valence electrons. The van der Waals surface area contributed by atoms with Gasteiger partial charge in [0, 0.05) is 12.5 Å². The van der Waals surface area contributed by atoms with Crippen LogP contribution in [0, 0.1) is 0 Å². The Morgan fingerprint density at radius 1 is 1.37 bits per heavy atom. The highest BCUT2D eigenvalue weighted by Gasteiger charge is 2.21. The van der Waals surface area contributed by atoms with Crippen molar-refractivity contribution in [1.29, 1.82) is 0 Å². The molecule has 2 rings (SSSR count). The second kappa shape index (κ2) is 7.48. The lowest BCUT2D eigenvalue weighted by Crippen LogP contribution is -2.34. The lowest BCUT2D eigenvalue weighted by Gasteiger charge is -2.21. The minimum absolute atomic E-state index is 0.0605. The molecule has 0 amide bonds. The van der Waals surface area contributed by atoms with Crippen LogP contribution in [-0.4, -0.2) is 39.2 Å². The number of nitrogens with one attached hydrogen (secondary N) is 1. The summed E-state index contributed by atoms with van der Waals surface area (Å²) in [6.07, 6.45) is 1.77. The predicted octanol–water partition coefficient (Wildman–Crippen LogP) is 1.98. The first-order valence-corrected chi connectivity index (χ1v) is 6.91. The molecular weight excluding hydrogens is 242 g/mol. The number of benzene rings is 1. The van der Waals surface area contributed by atoms with Crippen molar-refractivity contribution in [2.75, 3.05) is 26.9 Å². The summed E-state index contributed by atoms with van der Waals surface area (Å²) < 4.78 is 16.3. The van der Waals surface area contributed by atoms with Gasteiger partial charge in [-0.15, -0.1) is 0 Å². The van der Waals surface area contributed by atoms with Crippen molar-refractivity contribution in [1.82, 2.24) is 5.32 Å². The van der Waals surface area contributed by atoms with Crippen LogP contribution in [0.5, 0.6) is 5.75 Å². The van der Waals surface area contributed by atoms with Gasteiger partial charge in [0.05, 0.1) is 20.3 Å². The van der Waals surface area contributed by atoms with E-state index >= 15 is 0 Å². The molecule has 1 fully saturated rings. The molecule has 1 aromatic rings. The molecule has 1 heterocycles. The summed E-state index contributed by atoms with van der Waals surface area (Å²) in [7, 11) is 1.70. The van der Waals surface area contributed by atoms with Crippen molar-refractivity contribution in [3.05, 3.63) is 29.8 Å². The van der Waals surface area contributed by atoms with E-state index in [0.717, 1.165) is 25.1 Å². The average Bonchev–Trinajstić information content (AvgIpc) is 2.92. The van der Waals surface area contributed by atoms with E-state index in [1.807, 2.05) is 12.1 Å². The molecule has 19 heavy (non-hydrogen) atoms. The SMILES string of the molecule is CCNC(Cc1cccc(OC)c1)CC1OCCO1. The highest BCUT2D eigenvalue weighted by Crippen LogP contribution is 2.17. The number of likely N-dealkylation sites (N-methyl/N-ethyl adjacent to an activating group) is 1. The van der Waals surface area contributed by atoms with Gasteiger partial charge in [-0.3, -0.25) is 0 Å². The maximum atomic E-state index is 5.53. The van der Waals surface area contributed by atoms with Gasteiger partial charge in [0.1, 0.15) is 5.75 Å². The van der Waals surface area contributed by atoms with Crippen LogP contribution in [0.15, 0.2) is 24.3 Å². The molecule has 4 nitrogen and oxygen atoms in total. The van der Waals surface area contributed by atoms with E-state index < -0.39 is 0 Å². The van der Waals surface area contributed by atoms with Gasteiger partial charge in [-0.05, 0) is 30.7 Å². The zero-order chi connectivity index (χ0) is 13.5. The number of hydrogen-bond acceptors (Lipinski definition) is 4. The molecule has 0 spiro atoms. The Labute approximate surface area is 115 Å². The minimum Gasteiger partial charge on any atom is -0.497 e. The Bertz CT molecular complexity index is 377. The van der Waals surface area contributed by atoms with Crippen molar-refractivity contribution < 1.29 is 14.2 Å². The topological polar surface area (TPSA) is 39.7 Å². The lowest BCUT2D eigenvalue weighted by atomic mass is 10.0. The van der Waals surface area contributed by atoms with Crippen LogP contribution < -0.4 is 10.1 Å². The summed E-state index contributed by atoms with van der Waals surface area (Å²) in [4.78, 5) is 0. The fourth-order valence-electron chi connectivity index (χ4n) is 2.39. The first-order chi connectivity index (χ1) is 9.31. The quantitative estimate of drug-likeness (QED) is 0.818. The van der Waals surface area contributed by atoms with Crippen LogP contribution in [0.4, 0.5) is 0 Å². The highest BCUT2D eigenvalue weighted by molar-refractivity contribution is 5.28. The maximum absolute atomic E-state index is 5.53. The summed E-state index contributed by atoms with van der Waals surface area (Å²) in [6.45, 7) is 4.49. The van der Waals surface area contributed by atoms with E-state index in [-0.39, 0.29) is 6.29 Å². The Balaban J connectivity index is 1.94. The number of ether oxygens (including phenoxy) is 3. The highest BCUT2D eigenvalue weighted by atomic mass is 16.7. The molecule has 1 N–H and O–H groups in total. The summed E-state index contributed by atoms with van der Waals surface area (Å²) >= 11 is 0. The number of rotatable bonds is 7. The van der Waals surface area contributed by atoms with Crippen LogP contribution in [-0.2, 0) is 15.9 Å². The minimum atomic E-state index is -0.0605. The Kier molecular flexibility index (Phi) is 5.63. The van der Waals surface area contributed by atoms with E-state index in [4.69, 9.17) is 14.2 Å². The second-order valence-electron chi connectivity index (χ2n) is 4.72. The van der Waals surface area contributed by atoms with E-state index in [1.54, 1.807) is 7.11 Å². The third-order valence-corrected chi connectivity index (χ3v) is 3.28. The van der Waals surface area contributed by atoms with Gasteiger partial charge in [0.25, 0.3) is 0 Å². The first-order valence-electron chi connectivity index (χ1n) is 6.91. The average molecular weight is 265 g/mol. The number of methoxy groups -OCH3 is 1. The molecule has 1 aliphatic heterocycles. The number of hydrogen-bond donors (Lipinski definition) is 1. The van der Waals surface area contributed by atoms with Crippen molar-refractivity contribution in [3.63, 3.8) is 0 Å². The van der Waals surface area contributed by atoms with Gasteiger partial charge < -0.3 is 19.5 Å². The monoisotopic (exact) mass is 265 g/mol. The van der Waals surface area contributed by atoms with Gasteiger partial charge in [-0.2, -0.15) is 0 Å². The van der Waals surface area contributed by atoms with E-state index in [1.165, 1.54) is 5.56 Å². The molecule has 4 heteroatoms. The molecule has 0 aromatic heterocycles. The van der Waals surface area contributed by atoms with Crippen molar-refractivity contribution in [2.45, 2.75) is 32.1 Å². The summed E-state index contributed by atoms with van der Waals surface area (Å²) in [5, 5.41) is 3.49. The van der Waals surface area contributed by atoms with Crippen LogP contribution in [0.2, 0.25) is 0 Å². The normalized spacial score (nSPS) is 17.6. The van der Waals surface area contributed by atoms with E-state index in [2.05, 4.69) is 24.4 Å². The molecule has 1 atom stereocenters. The lowest BCUT2D eigenvalue weighted by molar-refractivity contribution is -0.0525.